The Morgan fingerprint density at radius 3 is 2.57 bits per heavy atom. The fraction of sp³-hybridized carbons (Fsp3) is 0.409. The minimum atomic E-state index is 0.0283. The zero-order valence-corrected chi connectivity index (χ0v) is 17.4. The summed E-state index contributed by atoms with van der Waals surface area (Å²) in [7, 11) is 0. The number of fused-ring (bicyclic) bond motifs is 1. The lowest BCUT2D eigenvalue weighted by atomic mass is 9.90. The van der Waals surface area contributed by atoms with Crippen molar-refractivity contribution in [2.24, 2.45) is 0 Å². The van der Waals surface area contributed by atoms with E-state index >= 15 is 0 Å². The molecule has 5 rings (SSSR count). The van der Waals surface area contributed by atoms with Crippen molar-refractivity contribution in [3.8, 4) is 0 Å². The van der Waals surface area contributed by atoms with E-state index in [1.807, 2.05) is 0 Å². The third-order valence-corrected chi connectivity index (χ3v) is 6.80. The lowest BCUT2D eigenvalue weighted by Crippen LogP contribution is -2.38. The summed E-state index contributed by atoms with van der Waals surface area (Å²) in [6.45, 7) is 0.946. The maximum atomic E-state index is 4.56. The van der Waals surface area contributed by atoms with Crippen LogP contribution < -0.4 is 4.90 Å². The molecule has 144 valence electrons. The van der Waals surface area contributed by atoms with Gasteiger partial charge in [-0.15, -0.1) is 5.10 Å². The quantitative estimate of drug-likeness (QED) is 0.572. The maximum Gasteiger partial charge on any atom is 0.178 e. The van der Waals surface area contributed by atoms with Gasteiger partial charge >= 0.3 is 0 Å². The zero-order valence-electron chi connectivity index (χ0n) is 15.8. The topological polar surface area (TPSA) is 46.8 Å². The molecule has 2 aromatic carbocycles. The first-order chi connectivity index (χ1) is 13.8. The first-order valence-corrected chi connectivity index (χ1v) is 11.0. The van der Waals surface area contributed by atoms with Gasteiger partial charge in [-0.1, -0.05) is 55.7 Å². The predicted octanol–water partition coefficient (Wildman–Crippen LogP) is 5.09. The summed E-state index contributed by atoms with van der Waals surface area (Å²) in [6, 6.07) is 17.6. The molecule has 1 aromatic heterocycles. The largest absolute Gasteiger partial charge is 0.356 e. The Hall–Kier alpha value is -2.21. The van der Waals surface area contributed by atoms with E-state index in [2.05, 4.69) is 89.6 Å². The van der Waals surface area contributed by atoms with Gasteiger partial charge in [-0.25, -0.2) is 4.68 Å². The van der Waals surface area contributed by atoms with Crippen molar-refractivity contribution in [3.05, 3.63) is 70.0 Å². The van der Waals surface area contributed by atoms with Crippen LogP contribution in [0.15, 0.2) is 53.0 Å². The molecule has 1 saturated carbocycles. The second-order valence-electron chi connectivity index (χ2n) is 7.77. The van der Waals surface area contributed by atoms with E-state index in [0.29, 0.717) is 6.04 Å². The highest BCUT2D eigenvalue weighted by atomic mass is 79.9. The Morgan fingerprint density at radius 2 is 1.71 bits per heavy atom. The van der Waals surface area contributed by atoms with Gasteiger partial charge in [0.2, 0.25) is 0 Å². The molecule has 1 unspecified atom stereocenters. The van der Waals surface area contributed by atoms with E-state index in [-0.39, 0.29) is 6.04 Å². The summed E-state index contributed by atoms with van der Waals surface area (Å²) in [5, 5.41) is 13.1. The Bertz CT molecular complexity index is 963. The minimum Gasteiger partial charge on any atom is -0.356 e. The molecule has 2 heterocycles. The Morgan fingerprint density at radius 1 is 0.929 bits per heavy atom. The molecule has 28 heavy (non-hydrogen) atoms. The molecule has 0 amide bonds. The second kappa shape index (κ2) is 7.66. The summed E-state index contributed by atoms with van der Waals surface area (Å²) < 4.78 is 3.23. The molecule has 2 aliphatic rings. The fourth-order valence-corrected chi connectivity index (χ4v) is 5.27. The number of rotatable bonds is 3. The number of nitrogens with zero attached hydrogens (tertiary/aromatic N) is 5. The lowest BCUT2D eigenvalue weighted by Gasteiger charge is -2.39. The molecule has 3 aromatic rings. The molecular weight excluding hydrogens is 414 g/mol. The number of aromatic nitrogens is 4. The zero-order chi connectivity index (χ0) is 18.9. The standard InChI is InChI=1S/C22H24BrN5/c23-19-12-6-7-13-20(19)27-15-14-16-8-4-5-11-18(16)21(27)22-24-25-26-28(22)17-9-2-1-3-10-17/h4-8,11-13,17,21H,1-3,9-10,14-15H2. The van der Waals surface area contributed by atoms with Crippen molar-refractivity contribution in [1.82, 2.24) is 20.2 Å². The van der Waals surface area contributed by atoms with E-state index in [1.165, 1.54) is 48.9 Å². The number of hydrogen-bond acceptors (Lipinski definition) is 4. The van der Waals surface area contributed by atoms with Crippen LogP contribution in [0.25, 0.3) is 0 Å². The molecule has 5 nitrogen and oxygen atoms in total. The minimum absolute atomic E-state index is 0.0283. The predicted molar refractivity (Wildman–Crippen MR) is 113 cm³/mol. The lowest BCUT2D eigenvalue weighted by molar-refractivity contribution is 0.313. The second-order valence-corrected chi connectivity index (χ2v) is 8.62. The summed E-state index contributed by atoms with van der Waals surface area (Å²) in [5.74, 6) is 0.967. The Kier molecular flexibility index (Phi) is 4.89. The number of benzene rings is 2. The van der Waals surface area contributed by atoms with Crippen LogP contribution in [-0.2, 0) is 6.42 Å². The van der Waals surface area contributed by atoms with E-state index < -0.39 is 0 Å². The smallest absolute Gasteiger partial charge is 0.178 e. The highest BCUT2D eigenvalue weighted by Gasteiger charge is 2.35. The van der Waals surface area contributed by atoms with Gasteiger partial charge in [0.05, 0.1) is 11.7 Å². The summed E-state index contributed by atoms with van der Waals surface area (Å²) in [4.78, 5) is 2.46. The van der Waals surface area contributed by atoms with Gasteiger partial charge in [-0.3, -0.25) is 0 Å². The van der Waals surface area contributed by atoms with E-state index in [0.717, 1.165) is 23.3 Å². The van der Waals surface area contributed by atoms with Crippen LogP contribution >= 0.6 is 15.9 Å². The number of tetrazole rings is 1. The Balaban J connectivity index is 1.63. The highest BCUT2D eigenvalue weighted by molar-refractivity contribution is 9.10. The third-order valence-electron chi connectivity index (χ3n) is 6.13. The monoisotopic (exact) mass is 437 g/mol. The molecule has 0 radical (unpaired) electrons. The van der Waals surface area contributed by atoms with Gasteiger partial charge in [-0.05, 0) is 68.9 Å². The van der Waals surface area contributed by atoms with E-state index in [1.54, 1.807) is 0 Å². The molecule has 0 bridgehead atoms. The van der Waals surface area contributed by atoms with Gasteiger partial charge in [0, 0.05) is 11.0 Å². The van der Waals surface area contributed by atoms with E-state index in [9.17, 15) is 0 Å². The molecule has 0 N–H and O–H groups in total. The average Bonchev–Trinajstić information content (AvgIpc) is 3.23. The fourth-order valence-electron chi connectivity index (χ4n) is 4.76. The summed E-state index contributed by atoms with van der Waals surface area (Å²) in [6.07, 6.45) is 7.21. The number of hydrogen-bond donors (Lipinski definition) is 0. The van der Waals surface area contributed by atoms with Crippen LogP contribution in [0.1, 0.15) is 61.1 Å². The number of anilines is 1. The van der Waals surface area contributed by atoms with Crippen molar-refractivity contribution in [2.75, 3.05) is 11.4 Å². The molecule has 0 saturated heterocycles. The molecule has 1 fully saturated rings. The van der Waals surface area contributed by atoms with Crippen molar-refractivity contribution >= 4 is 21.6 Å². The maximum absolute atomic E-state index is 4.56. The molecule has 0 spiro atoms. The van der Waals surface area contributed by atoms with Gasteiger partial charge in [0.25, 0.3) is 0 Å². The normalized spacial score (nSPS) is 20.2. The average molecular weight is 438 g/mol. The van der Waals surface area contributed by atoms with Crippen molar-refractivity contribution in [2.45, 2.75) is 50.6 Å². The van der Waals surface area contributed by atoms with Gasteiger partial charge in [-0.2, -0.15) is 0 Å². The van der Waals surface area contributed by atoms with Crippen LogP contribution in [0.4, 0.5) is 5.69 Å². The van der Waals surface area contributed by atoms with Gasteiger partial charge in [0.15, 0.2) is 5.82 Å². The van der Waals surface area contributed by atoms with Gasteiger partial charge < -0.3 is 4.90 Å². The van der Waals surface area contributed by atoms with Crippen LogP contribution in [0, 0.1) is 0 Å². The Labute approximate surface area is 173 Å². The number of halogens is 1. The first-order valence-electron chi connectivity index (χ1n) is 10.2. The van der Waals surface area contributed by atoms with Crippen molar-refractivity contribution < 1.29 is 0 Å². The van der Waals surface area contributed by atoms with Crippen molar-refractivity contribution in [1.29, 1.82) is 0 Å². The molecule has 1 aliphatic carbocycles. The SMILES string of the molecule is Brc1ccccc1N1CCc2ccccc2C1c1nnnn1C1CCCCC1. The molecule has 1 atom stereocenters. The van der Waals surface area contributed by atoms with Crippen LogP contribution in [0.2, 0.25) is 0 Å². The van der Waals surface area contributed by atoms with Gasteiger partial charge in [0.1, 0.15) is 6.04 Å². The molecular formula is C22H24BrN5. The summed E-state index contributed by atoms with van der Waals surface area (Å²) >= 11 is 3.76. The molecule has 1 aliphatic heterocycles. The first kappa shape index (κ1) is 17.9. The molecule has 6 heteroatoms. The number of para-hydroxylation sites is 1. The highest BCUT2D eigenvalue weighted by Crippen LogP contribution is 2.41. The third kappa shape index (κ3) is 3.13. The van der Waals surface area contributed by atoms with Crippen LogP contribution in [-0.4, -0.2) is 26.8 Å². The van der Waals surface area contributed by atoms with Crippen LogP contribution in [0.3, 0.4) is 0 Å². The van der Waals surface area contributed by atoms with Crippen LogP contribution in [0.5, 0.6) is 0 Å². The van der Waals surface area contributed by atoms with Crippen molar-refractivity contribution in [3.63, 3.8) is 0 Å². The summed E-state index contributed by atoms with van der Waals surface area (Å²) in [5.41, 5.74) is 3.91. The van der Waals surface area contributed by atoms with E-state index in [4.69, 9.17) is 0 Å².